The van der Waals surface area contributed by atoms with E-state index in [2.05, 4.69) is 53.2 Å². The maximum atomic E-state index is 14.4. The summed E-state index contributed by atoms with van der Waals surface area (Å²) in [6.45, 7) is 12.9. The van der Waals surface area contributed by atoms with Crippen molar-refractivity contribution < 1.29 is 32.3 Å². The third-order valence-electron chi connectivity index (χ3n) is 6.40. The summed E-state index contributed by atoms with van der Waals surface area (Å²) >= 11 is 0. The molecular formula is C26H31F4N7O3. The van der Waals surface area contributed by atoms with Gasteiger partial charge in [-0.1, -0.05) is 0 Å². The summed E-state index contributed by atoms with van der Waals surface area (Å²) in [5.74, 6) is -2.57. The van der Waals surface area contributed by atoms with Gasteiger partial charge in [-0.3, -0.25) is 4.90 Å². The first-order valence-corrected chi connectivity index (χ1v) is 12.5. The van der Waals surface area contributed by atoms with Crippen molar-refractivity contribution in [2.75, 3.05) is 34.8 Å². The van der Waals surface area contributed by atoms with Crippen LogP contribution in [0.4, 0.5) is 39.5 Å². The molecule has 0 saturated carbocycles. The molecule has 40 heavy (non-hydrogen) atoms. The zero-order valence-electron chi connectivity index (χ0n) is 22.7. The van der Waals surface area contributed by atoms with E-state index >= 15 is 0 Å². The molecule has 2 amide bonds. The van der Waals surface area contributed by atoms with Gasteiger partial charge in [-0.05, 0) is 47.1 Å². The SMILES string of the molecule is Cc1cn2cc(NC(=O)N3CCc4c(N5CC(C)(C)NC(C)(C)C5)ccnc43)cc(F)c2n1.O=C(O)C(F)(F)F. The first kappa shape index (κ1) is 29.1. The molecule has 2 aliphatic heterocycles. The predicted octanol–water partition coefficient (Wildman–Crippen LogP) is 4.37. The van der Waals surface area contributed by atoms with Gasteiger partial charge in [0.05, 0.1) is 11.4 Å². The van der Waals surface area contributed by atoms with E-state index in [4.69, 9.17) is 9.90 Å². The van der Waals surface area contributed by atoms with Crippen molar-refractivity contribution in [3.63, 3.8) is 0 Å². The number of pyridine rings is 2. The second-order valence-electron chi connectivity index (χ2n) is 11.2. The topological polar surface area (TPSA) is 115 Å². The number of imidazole rings is 1. The molecule has 0 aliphatic carbocycles. The minimum Gasteiger partial charge on any atom is -0.475 e. The molecular weight excluding hydrogens is 534 g/mol. The van der Waals surface area contributed by atoms with Crippen LogP contribution in [0.15, 0.2) is 30.7 Å². The number of nitrogens with zero attached hydrogens (tertiary/aromatic N) is 5. The van der Waals surface area contributed by atoms with Crippen molar-refractivity contribution in [3.05, 3.63) is 47.8 Å². The van der Waals surface area contributed by atoms with Crippen molar-refractivity contribution in [1.82, 2.24) is 19.7 Å². The Kier molecular flexibility index (Phi) is 7.43. The Morgan fingerprint density at radius 1 is 1.12 bits per heavy atom. The third kappa shape index (κ3) is 6.27. The van der Waals surface area contributed by atoms with E-state index in [-0.39, 0.29) is 22.8 Å². The van der Waals surface area contributed by atoms with Crippen LogP contribution in [0, 0.1) is 12.7 Å². The molecule has 1 fully saturated rings. The zero-order chi connectivity index (χ0) is 29.6. The van der Waals surface area contributed by atoms with E-state index < -0.39 is 18.0 Å². The summed E-state index contributed by atoms with van der Waals surface area (Å²) in [6.07, 6.45) is 0.804. The summed E-state index contributed by atoms with van der Waals surface area (Å²) < 4.78 is 47.8. The van der Waals surface area contributed by atoms with Crippen LogP contribution in [0.2, 0.25) is 0 Å². The maximum Gasteiger partial charge on any atom is 0.490 e. The van der Waals surface area contributed by atoms with Crippen LogP contribution < -0.4 is 20.4 Å². The lowest BCUT2D eigenvalue weighted by atomic mass is 9.90. The average Bonchev–Trinajstić information content (AvgIpc) is 3.40. The van der Waals surface area contributed by atoms with Crippen LogP contribution in [0.3, 0.4) is 0 Å². The predicted molar refractivity (Wildman–Crippen MR) is 141 cm³/mol. The second kappa shape index (κ2) is 10.2. The van der Waals surface area contributed by atoms with Gasteiger partial charge in [0, 0.05) is 66.6 Å². The molecule has 14 heteroatoms. The van der Waals surface area contributed by atoms with E-state index in [1.807, 2.05) is 6.07 Å². The summed E-state index contributed by atoms with van der Waals surface area (Å²) in [6, 6.07) is 3.02. The number of aliphatic carboxylic acids is 1. The van der Waals surface area contributed by atoms with E-state index in [1.165, 1.54) is 6.07 Å². The number of hydrogen-bond acceptors (Lipinski definition) is 6. The summed E-state index contributed by atoms with van der Waals surface area (Å²) in [5.41, 5.74) is 3.45. The lowest BCUT2D eigenvalue weighted by Gasteiger charge is -2.49. The average molecular weight is 566 g/mol. The molecule has 2 aliphatic rings. The normalized spacial score (nSPS) is 17.7. The quantitative estimate of drug-likeness (QED) is 0.396. The van der Waals surface area contributed by atoms with Gasteiger partial charge in [0.25, 0.3) is 0 Å². The van der Waals surface area contributed by atoms with Gasteiger partial charge in [-0.2, -0.15) is 13.2 Å². The third-order valence-corrected chi connectivity index (χ3v) is 6.40. The van der Waals surface area contributed by atoms with E-state index in [0.717, 1.165) is 30.8 Å². The first-order chi connectivity index (χ1) is 18.5. The summed E-state index contributed by atoms with van der Waals surface area (Å²) in [7, 11) is 0. The minimum atomic E-state index is -5.08. The molecule has 0 atom stereocenters. The van der Waals surface area contributed by atoms with Gasteiger partial charge < -0.3 is 25.0 Å². The van der Waals surface area contributed by atoms with E-state index in [1.54, 1.807) is 34.8 Å². The highest BCUT2D eigenvalue weighted by molar-refractivity contribution is 6.03. The maximum absolute atomic E-state index is 14.4. The number of carbonyl (C=O) groups excluding carboxylic acids is 1. The van der Waals surface area contributed by atoms with Crippen LogP contribution in [0.5, 0.6) is 0 Å². The number of nitrogens with one attached hydrogen (secondary N) is 2. The van der Waals surface area contributed by atoms with Gasteiger partial charge >= 0.3 is 18.2 Å². The first-order valence-electron chi connectivity index (χ1n) is 12.5. The summed E-state index contributed by atoms with van der Waals surface area (Å²) in [4.78, 5) is 34.7. The standard InChI is InChI=1S/C24H30FN7O.C2HF3O2/c1-15-11-30-12-16(10-18(25)21(30)27-15)28-22(33)32-9-7-17-19(6-8-26-20(17)32)31-13-23(2,3)29-24(4,5)14-31;3-2(4,5)1(6)7/h6,8,10-12,29H,7,9,13-14H2,1-5H3,(H,28,33);(H,6,7). The molecule has 0 aromatic carbocycles. The van der Waals surface area contributed by atoms with Gasteiger partial charge in [0.1, 0.15) is 5.82 Å². The Morgan fingerprint density at radius 3 is 2.35 bits per heavy atom. The number of aromatic nitrogens is 3. The molecule has 3 aromatic rings. The number of urea groups is 1. The zero-order valence-corrected chi connectivity index (χ0v) is 22.7. The number of amides is 2. The van der Waals surface area contributed by atoms with Crippen molar-refractivity contribution >= 4 is 34.8 Å². The van der Waals surface area contributed by atoms with Gasteiger partial charge in [0.15, 0.2) is 11.5 Å². The number of alkyl halides is 3. The Hall–Kier alpha value is -3.94. The van der Waals surface area contributed by atoms with E-state index in [9.17, 15) is 22.4 Å². The lowest BCUT2D eigenvalue weighted by Crippen LogP contribution is -2.67. The van der Waals surface area contributed by atoms with Crippen molar-refractivity contribution in [2.24, 2.45) is 0 Å². The highest BCUT2D eigenvalue weighted by Gasteiger charge is 2.39. The molecule has 3 aromatic heterocycles. The van der Waals surface area contributed by atoms with Crippen molar-refractivity contribution in [3.8, 4) is 0 Å². The number of carboxylic acid groups (broad SMARTS) is 1. The monoisotopic (exact) mass is 565 g/mol. The molecule has 10 nitrogen and oxygen atoms in total. The fourth-order valence-corrected chi connectivity index (χ4v) is 5.38. The van der Waals surface area contributed by atoms with E-state index in [0.29, 0.717) is 23.7 Å². The number of piperazine rings is 1. The molecule has 5 heterocycles. The van der Waals surface area contributed by atoms with Crippen molar-refractivity contribution in [1.29, 1.82) is 0 Å². The molecule has 0 radical (unpaired) electrons. The Morgan fingerprint density at radius 2 is 1.75 bits per heavy atom. The Balaban J connectivity index is 0.000000470. The van der Waals surface area contributed by atoms with Gasteiger partial charge in [0.2, 0.25) is 0 Å². The molecule has 0 unspecified atom stereocenters. The smallest absolute Gasteiger partial charge is 0.475 e. The van der Waals surface area contributed by atoms with Gasteiger partial charge in [-0.25, -0.2) is 23.9 Å². The molecule has 0 spiro atoms. The van der Waals surface area contributed by atoms with Crippen LogP contribution in [-0.2, 0) is 11.2 Å². The Labute approximate surface area is 228 Å². The highest BCUT2D eigenvalue weighted by Crippen LogP contribution is 2.36. The number of aryl methyl sites for hydroxylation is 1. The number of rotatable bonds is 2. The largest absolute Gasteiger partial charge is 0.490 e. The van der Waals surface area contributed by atoms with Crippen LogP contribution in [0.25, 0.3) is 5.65 Å². The molecule has 0 bridgehead atoms. The highest BCUT2D eigenvalue weighted by atomic mass is 19.4. The molecule has 5 rings (SSSR count). The number of anilines is 3. The number of carboxylic acids is 1. The summed E-state index contributed by atoms with van der Waals surface area (Å²) in [5, 5.41) is 13.7. The Bertz CT molecular complexity index is 1440. The molecule has 3 N–H and O–H groups in total. The number of hydrogen-bond donors (Lipinski definition) is 3. The number of halogens is 4. The van der Waals surface area contributed by atoms with Crippen LogP contribution in [-0.4, -0.2) is 68.4 Å². The second-order valence-corrected chi connectivity index (χ2v) is 11.2. The minimum absolute atomic E-state index is 0.0397. The number of fused-ring (bicyclic) bond motifs is 2. The van der Waals surface area contributed by atoms with Crippen LogP contribution >= 0.6 is 0 Å². The van der Waals surface area contributed by atoms with Gasteiger partial charge in [-0.15, -0.1) is 0 Å². The fourth-order valence-electron chi connectivity index (χ4n) is 5.38. The molecule has 1 saturated heterocycles. The molecule has 216 valence electrons. The van der Waals surface area contributed by atoms with Crippen LogP contribution in [0.1, 0.15) is 39.0 Å². The van der Waals surface area contributed by atoms with Crippen molar-refractivity contribution in [2.45, 2.75) is 58.3 Å². The lowest BCUT2D eigenvalue weighted by molar-refractivity contribution is -0.192. The fraction of sp³-hybridized carbons (Fsp3) is 0.462. The number of carbonyl (C=O) groups is 2.